The molecule has 0 aliphatic carbocycles. The molecule has 0 aromatic carbocycles. The van der Waals surface area contributed by atoms with Crippen molar-refractivity contribution in [2.45, 2.75) is 0 Å². The molecule has 0 unspecified atom stereocenters. The fourth-order valence-electron chi connectivity index (χ4n) is 1.72. The van der Waals surface area contributed by atoms with Crippen molar-refractivity contribution in [3.05, 3.63) is 0 Å². The zero-order valence-corrected chi connectivity index (χ0v) is 10.8. The Kier molecular flexibility index (Phi) is 6.25. The van der Waals surface area contributed by atoms with E-state index in [1.807, 2.05) is 0 Å². The Bertz CT molecular complexity index is 228. The number of ether oxygens (including phenoxy) is 1. The normalized spacial score (nSPS) is 17.5. The van der Waals surface area contributed by atoms with Crippen LogP contribution in [-0.4, -0.2) is 92.5 Å². The lowest BCUT2D eigenvalue weighted by atomic mass is 10.3. The monoisotopic (exact) mass is 245 g/mol. The number of hydrogen-bond donors (Lipinski definition) is 1. The van der Waals surface area contributed by atoms with E-state index in [9.17, 15) is 4.79 Å². The molecule has 0 atom stereocenters. The summed E-state index contributed by atoms with van der Waals surface area (Å²) in [5.41, 5.74) is 0. The van der Waals surface area contributed by atoms with E-state index in [1.165, 1.54) is 0 Å². The Labute approximate surface area is 103 Å². The molecule has 6 heteroatoms. The molecule has 1 N–H and O–H groups in total. The highest BCUT2D eigenvalue weighted by atomic mass is 16.6. The largest absolute Gasteiger partial charge is 0.447 e. The van der Waals surface area contributed by atoms with Crippen molar-refractivity contribution in [3.63, 3.8) is 0 Å². The van der Waals surface area contributed by atoms with E-state index in [4.69, 9.17) is 9.84 Å². The maximum Gasteiger partial charge on any atom is 0.409 e. The summed E-state index contributed by atoms with van der Waals surface area (Å²) in [6, 6.07) is 0. The van der Waals surface area contributed by atoms with Gasteiger partial charge in [-0.25, -0.2) is 4.79 Å². The molecule has 6 nitrogen and oxygen atoms in total. The fraction of sp³-hybridized carbons (Fsp3) is 0.909. The van der Waals surface area contributed by atoms with Crippen molar-refractivity contribution in [2.75, 3.05) is 66.6 Å². The van der Waals surface area contributed by atoms with Crippen LogP contribution in [0.5, 0.6) is 0 Å². The number of nitrogens with zero attached hydrogens (tertiary/aromatic N) is 3. The van der Waals surface area contributed by atoms with Crippen LogP contribution < -0.4 is 0 Å². The summed E-state index contributed by atoms with van der Waals surface area (Å²) < 4.78 is 4.87. The molecule has 0 bridgehead atoms. The molecule has 1 aliphatic heterocycles. The first-order valence-corrected chi connectivity index (χ1v) is 6.03. The summed E-state index contributed by atoms with van der Waals surface area (Å²) in [5.74, 6) is 0. The van der Waals surface area contributed by atoms with Gasteiger partial charge in [0.05, 0.1) is 6.61 Å². The number of hydrogen-bond acceptors (Lipinski definition) is 5. The van der Waals surface area contributed by atoms with Gasteiger partial charge in [-0.15, -0.1) is 0 Å². The summed E-state index contributed by atoms with van der Waals surface area (Å²) in [7, 11) is 4.12. The average Bonchev–Trinajstić information content (AvgIpc) is 2.34. The molecule has 100 valence electrons. The van der Waals surface area contributed by atoms with Crippen LogP contribution >= 0.6 is 0 Å². The summed E-state index contributed by atoms with van der Waals surface area (Å²) in [6.45, 7) is 5.23. The first-order chi connectivity index (χ1) is 8.13. The van der Waals surface area contributed by atoms with Gasteiger partial charge >= 0.3 is 6.09 Å². The van der Waals surface area contributed by atoms with Gasteiger partial charge in [-0.3, -0.25) is 4.90 Å². The molecule has 1 saturated heterocycles. The molecule has 0 spiro atoms. The van der Waals surface area contributed by atoms with Crippen LogP contribution in [0.1, 0.15) is 0 Å². The van der Waals surface area contributed by atoms with Crippen molar-refractivity contribution < 1.29 is 14.6 Å². The summed E-state index contributed by atoms with van der Waals surface area (Å²) >= 11 is 0. The van der Waals surface area contributed by atoms with Gasteiger partial charge in [0.25, 0.3) is 0 Å². The lowest BCUT2D eigenvalue weighted by Crippen LogP contribution is -2.50. The highest BCUT2D eigenvalue weighted by molar-refractivity contribution is 5.67. The molecule has 1 amide bonds. The molecule has 0 saturated carbocycles. The third-order valence-electron chi connectivity index (χ3n) is 2.81. The third kappa shape index (κ3) is 5.34. The molecule has 0 radical (unpaired) electrons. The summed E-state index contributed by atoms with van der Waals surface area (Å²) in [4.78, 5) is 17.7. The second kappa shape index (κ2) is 7.47. The molecule has 1 fully saturated rings. The lowest BCUT2D eigenvalue weighted by molar-refractivity contribution is 0.0632. The highest BCUT2D eigenvalue weighted by Crippen LogP contribution is 2.03. The van der Waals surface area contributed by atoms with E-state index < -0.39 is 0 Å². The third-order valence-corrected chi connectivity index (χ3v) is 2.81. The van der Waals surface area contributed by atoms with Gasteiger partial charge in [0.1, 0.15) is 6.61 Å². The van der Waals surface area contributed by atoms with Crippen molar-refractivity contribution in [3.8, 4) is 0 Å². The number of aliphatic hydroxyl groups excluding tert-OH is 1. The molecule has 1 rings (SSSR count). The van der Waals surface area contributed by atoms with Crippen LogP contribution in [0.25, 0.3) is 0 Å². The Morgan fingerprint density at radius 3 is 2.47 bits per heavy atom. The van der Waals surface area contributed by atoms with Gasteiger partial charge in [-0.1, -0.05) is 0 Å². The van der Waals surface area contributed by atoms with E-state index in [0.29, 0.717) is 13.1 Å². The number of aliphatic hydroxyl groups is 1. The maximum atomic E-state index is 11.5. The Morgan fingerprint density at radius 2 is 1.94 bits per heavy atom. The zero-order chi connectivity index (χ0) is 12.7. The van der Waals surface area contributed by atoms with Crippen LogP contribution in [0.4, 0.5) is 4.79 Å². The predicted molar refractivity (Wildman–Crippen MR) is 65.0 cm³/mol. The average molecular weight is 245 g/mol. The second-order valence-corrected chi connectivity index (χ2v) is 4.47. The van der Waals surface area contributed by atoms with Gasteiger partial charge in [0.15, 0.2) is 0 Å². The van der Waals surface area contributed by atoms with E-state index in [1.54, 1.807) is 4.90 Å². The van der Waals surface area contributed by atoms with Crippen molar-refractivity contribution in [1.82, 2.24) is 14.7 Å². The number of carbonyl (C=O) groups is 1. The lowest BCUT2D eigenvalue weighted by Gasteiger charge is -2.34. The van der Waals surface area contributed by atoms with Crippen LogP contribution in [0.15, 0.2) is 0 Å². The minimum absolute atomic E-state index is 0.0830. The van der Waals surface area contributed by atoms with Crippen LogP contribution in [0.2, 0.25) is 0 Å². The SMILES string of the molecule is CN(C)CCN1CCN(C(=O)OCCO)CC1. The zero-order valence-electron chi connectivity index (χ0n) is 10.8. The van der Waals surface area contributed by atoms with Crippen LogP contribution in [0.3, 0.4) is 0 Å². The van der Waals surface area contributed by atoms with Gasteiger partial charge in [-0.2, -0.15) is 0 Å². The van der Waals surface area contributed by atoms with Gasteiger partial charge in [-0.05, 0) is 14.1 Å². The Morgan fingerprint density at radius 1 is 1.29 bits per heavy atom. The maximum absolute atomic E-state index is 11.5. The summed E-state index contributed by atoms with van der Waals surface area (Å²) in [5, 5.41) is 8.57. The smallest absolute Gasteiger partial charge is 0.409 e. The van der Waals surface area contributed by atoms with Gasteiger partial charge in [0, 0.05) is 39.3 Å². The number of amides is 1. The minimum atomic E-state index is -0.314. The first kappa shape index (κ1) is 14.2. The van der Waals surface area contributed by atoms with E-state index in [2.05, 4.69) is 23.9 Å². The quantitative estimate of drug-likeness (QED) is 0.694. The number of rotatable bonds is 5. The van der Waals surface area contributed by atoms with E-state index in [0.717, 1.165) is 26.2 Å². The topological polar surface area (TPSA) is 56.2 Å². The van der Waals surface area contributed by atoms with Gasteiger partial charge < -0.3 is 19.6 Å². The standard InChI is InChI=1S/C11H23N3O3/c1-12(2)3-4-13-5-7-14(8-6-13)11(16)17-10-9-15/h15H,3-10H2,1-2H3. The van der Waals surface area contributed by atoms with Gasteiger partial charge in [0.2, 0.25) is 0 Å². The highest BCUT2D eigenvalue weighted by Gasteiger charge is 2.21. The molecule has 17 heavy (non-hydrogen) atoms. The van der Waals surface area contributed by atoms with Crippen molar-refractivity contribution >= 4 is 6.09 Å². The van der Waals surface area contributed by atoms with E-state index in [-0.39, 0.29) is 19.3 Å². The predicted octanol–water partition coefficient (Wildman–Crippen LogP) is -0.705. The first-order valence-electron chi connectivity index (χ1n) is 6.03. The number of carbonyl (C=O) groups excluding carboxylic acids is 1. The molecule has 1 aliphatic rings. The van der Waals surface area contributed by atoms with Crippen molar-refractivity contribution in [2.24, 2.45) is 0 Å². The van der Waals surface area contributed by atoms with Crippen molar-refractivity contribution in [1.29, 1.82) is 0 Å². The molecule has 0 aromatic rings. The summed E-state index contributed by atoms with van der Waals surface area (Å²) in [6.07, 6.45) is -0.314. The second-order valence-electron chi connectivity index (χ2n) is 4.47. The molecular weight excluding hydrogens is 222 g/mol. The van der Waals surface area contributed by atoms with Crippen LogP contribution in [0, 0.1) is 0 Å². The van der Waals surface area contributed by atoms with E-state index >= 15 is 0 Å². The fourth-order valence-corrected chi connectivity index (χ4v) is 1.72. The molecule has 1 heterocycles. The Balaban J connectivity index is 2.18. The number of piperazine rings is 1. The number of likely N-dealkylation sites (N-methyl/N-ethyl adjacent to an activating group) is 1. The molecular formula is C11H23N3O3. The molecule has 0 aromatic heterocycles. The minimum Gasteiger partial charge on any atom is -0.447 e. The van der Waals surface area contributed by atoms with Crippen LogP contribution in [-0.2, 0) is 4.74 Å². The Hall–Kier alpha value is -0.850.